The third kappa shape index (κ3) is 3.51. The van der Waals surface area contributed by atoms with E-state index in [1.165, 1.54) is 39.5 Å². The number of rotatable bonds is 6. The zero-order chi connectivity index (χ0) is 14.6. The normalized spacial score (nSPS) is 27.6. The predicted octanol–water partition coefficient (Wildman–Crippen LogP) is 0.698. The van der Waals surface area contributed by atoms with Gasteiger partial charge in [0, 0.05) is 19.1 Å². The molecule has 0 amide bonds. The van der Waals surface area contributed by atoms with Crippen molar-refractivity contribution in [2.24, 2.45) is 0 Å². The molecule has 5 heteroatoms. The van der Waals surface area contributed by atoms with E-state index in [-0.39, 0.29) is 5.97 Å². The summed E-state index contributed by atoms with van der Waals surface area (Å²) in [5.41, 5.74) is -0.594. The van der Waals surface area contributed by atoms with Crippen molar-refractivity contribution in [1.29, 1.82) is 0 Å². The Bertz CT molecular complexity index is 331. The smallest absolute Gasteiger partial charge is 0.327 e. The van der Waals surface area contributed by atoms with Crippen molar-refractivity contribution in [3.05, 3.63) is 0 Å². The van der Waals surface area contributed by atoms with Gasteiger partial charge in [0.1, 0.15) is 5.54 Å². The first-order valence-corrected chi connectivity index (χ1v) is 7.89. The zero-order valence-electron chi connectivity index (χ0n) is 13.2. The molecule has 116 valence electrons. The highest BCUT2D eigenvalue weighted by Gasteiger charge is 2.38. The molecule has 2 heterocycles. The van der Waals surface area contributed by atoms with Crippen LogP contribution in [0, 0.1) is 0 Å². The minimum Gasteiger partial charge on any atom is -0.468 e. The molecule has 0 saturated carbocycles. The van der Waals surface area contributed by atoms with Gasteiger partial charge < -0.3 is 10.1 Å². The molecule has 0 aromatic heterocycles. The van der Waals surface area contributed by atoms with Crippen LogP contribution in [0.25, 0.3) is 0 Å². The van der Waals surface area contributed by atoms with Gasteiger partial charge in [0.2, 0.25) is 0 Å². The average molecular weight is 283 g/mol. The van der Waals surface area contributed by atoms with Crippen LogP contribution in [0.2, 0.25) is 0 Å². The van der Waals surface area contributed by atoms with E-state index in [0.29, 0.717) is 6.04 Å². The highest BCUT2D eigenvalue weighted by molar-refractivity contribution is 5.80. The van der Waals surface area contributed by atoms with E-state index in [0.717, 1.165) is 26.2 Å². The molecular weight excluding hydrogens is 254 g/mol. The summed E-state index contributed by atoms with van der Waals surface area (Å²) >= 11 is 0. The molecule has 0 radical (unpaired) electrons. The van der Waals surface area contributed by atoms with E-state index < -0.39 is 5.54 Å². The van der Waals surface area contributed by atoms with Gasteiger partial charge in [-0.15, -0.1) is 0 Å². The second-order valence-corrected chi connectivity index (χ2v) is 6.27. The molecule has 2 aliphatic heterocycles. The van der Waals surface area contributed by atoms with Crippen molar-refractivity contribution in [2.75, 3.05) is 46.4 Å². The van der Waals surface area contributed by atoms with Crippen LogP contribution in [-0.4, -0.2) is 73.7 Å². The van der Waals surface area contributed by atoms with Gasteiger partial charge in [0.05, 0.1) is 7.11 Å². The van der Waals surface area contributed by atoms with Crippen molar-refractivity contribution < 1.29 is 9.53 Å². The van der Waals surface area contributed by atoms with E-state index in [1.807, 2.05) is 13.8 Å². The third-order valence-corrected chi connectivity index (χ3v) is 4.65. The molecule has 2 unspecified atom stereocenters. The first-order valence-electron chi connectivity index (χ1n) is 7.89. The summed E-state index contributed by atoms with van der Waals surface area (Å²) < 4.78 is 4.97. The number of likely N-dealkylation sites (tertiary alicyclic amines) is 2. The van der Waals surface area contributed by atoms with Gasteiger partial charge >= 0.3 is 5.97 Å². The number of ether oxygens (including phenoxy) is 1. The van der Waals surface area contributed by atoms with Gasteiger partial charge in [-0.25, -0.2) is 0 Å². The van der Waals surface area contributed by atoms with Crippen LogP contribution < -0.4 is 5.32 Å². The molecule has 0 aromatic rings. The number of nitrogens with one attached hydrogen (secondary N) is 1. The monoisotopic (exact) mass is 283 g/mol. The first-order chi connectivity index (χ1) is 9.59. The Labute approximate surface area is 122 Å². The number of carbonyl (C=O) groups excluding carboxylic acids is 1. The van der Waals surface area contributed by atoms with E-state index in [1.54, 1.807) is 0 Å². The topological polar surface area (TPSA) is 44.8 Å². The molecule has 0 bridgehead atoms. The van der Waals surface area contributed by atoms with Crippen molar-refractivity contribution in [1.82, 2.24) is 15.1 Å². The number of likely N-dealkylation sites (N-methyl/N-ethyl adjacent to an activating group) is 1. The van der Waals surface area contributed by atoms with E-state index in [9.17, 15) is 4.79 Å². The summed E-state index contributed by atoms with van der Waals surface area (Å²) in [5, 5.41) is 3.29. The fraction of sp³-hybridized carbons (Fsp3) is 0.933. The second-order valence-electron chi connectivity index (χ2n) is 6.27. The summed E-state index contributed by atoms with van der Waals surface area (Å²) in [6.07, 6.45) is 3.91. The standard InChI is InChI=1S/C15H29N3O2/c1-4-16-15(2,14(19)20-3)12-17-10-7-13(11-17)18-8-5-6-9-18/h13,16H,4-12H2,1-3H3. The SMILES string of the molecule is CCNC(C)(CN1CCC(N2CCCC2)C1)C(=O)OC. The Morgan fingerprint density at radius 2 is 2.05 bits per heavy atom. The molecule has 0 aromatic carbocycles. The largest absolute Gasteiger partial charge is 0.468 e. The van der Waals surface area contributed by atoms with Gasteiger partial charge in [-0.05, 0) is 52.4 Å². The minimum atomic E-state index is -0.594. The first kappa shape index (κ1) is 15.7. The summed E-state index contributed by atoms with van der Waals surface area (Å²) in [4.78, 5) is 17.0. The lowest BCUT2D eigenvalue weighted by Gasteiger charge is -2.32. The minimum absolute atomic E-state index is 0.163. The number of hydrogen-bond acceptors (Lipinski definition) is 5. The predicted molar refractivity (Wildman–Crippen MR) is 79.7 cm³/mol. The van der Waals surface area contributed by atoms with Crippen LogP contribution in [0.3, 0.4) is 0 Å². The Kier molecular flexibility index (Phi) is 5.41. The molecule has 20 heavy (non-hydrogen) atoms. The van der Waals surface area contributed by atoms with Crippen LogP contribution in [0.5, 0.6) is 0 Å². The van der Waals surface area contributed by atoms with Gasteiger partial charge in [-0.3, -0.25) is 14.6 Å². The zero-order valence-corrected chi connectivity index (χ0v) is 13.2. The van der Waals surface area contributed by atoms with Crippen LogP contribution >= 0.6 is 0 Å². The van der Waals surface area contributed by atoms with Crippen LogP contribution in [0.1, 0.15) is 33.1 Å². The molecule has 5 nitrogen and oxygen atoms in total. The van der Waals surface area contributed by atoms with Crippen molar-refractivity contribution in [2.45, 2.75) is 44.7 Å². The maximum atomic E-state index is 12.0. The quantitative estimate of drug-likeness (QED) is 0.727. The summed E-state index contributed by atoms with van der Waals surface area (Å²) in [7, 11) is 1.47. The maximum Gasteiger partial charge on any atom is 0.327 e. The lowest BCUT2D eigenvalue weighted by atomic mass is 10.0. The van der Waals surface area contributed by atoms with Crippen LogP contribution in [0.15, 0.2) is 0 Å². The van der Waals surface area contributed by atoms with Gasteiger partial charge in [0.25, 0.3) is 0 Å². The van der Waals surface area contributed by atoms with Crippen LogP contribution in [0.4, 0.5) is 0 Å². The van der Waals surface area contributed by atoms with E-state index >= 15 is 0 Å². The lowest BCUT2D eigenvalue weighted by Crippen LogP contribution is -2.57. The Hall–Kier alpha value is -0.650. The van der Waals surface area contributed by atoms with Crippen molar-refractivity contribution >= 4 is 5.97 Å². The molecule has 2 atom stereocenters. The van der Waals surface area contributed by atoms with Gasteiger partial charge in [0.15, 0.2) is 0 Å². The molecule has 2 fully saturated rings. The summed E-state index contributed by atoms with van der Waals surface area (Å²) in [6.45, 7) is 10.1. The van der Waals surface area contributed by atoms with Crippen LogP contribution in [-0.2, 0) is 9.53 Å². The molecular formula is C15H29N3O2. The Balaban J connectivity index is 1.89. The molecule has 1 N–H and O–H groups in total. The molecule has 2 saturated heterocycles. The Morgan fingerprint density at radius 1 is 1.35 bits per heavy atom. The van der Waals surface area contributed by atoms with Gasteiger partial charge in [-0.2, -0.15) is 0 Å². The number of methoxy groups -OCH3 is 1. The highest BCUT2D eigenvalue weighted by atomic mass is 16.5. The average Bonchev–Trinajstić information content (AvgIpc) is 3.08. The number of carbonyl (C=O) groups is 1. The highest BCUT2D eigenvalue weighted by Crippen LogP contribution is 2.22. The van der Waals surface area contributed by atoms with Crippen molar-refractivity contribution in [3.63, 3.8) is 0 Å². The van der Waals surface area contributed by atoms with Gasteiger partial charge in [-0.1, -0.05) is 6.92 Å². The lowest BCUT2D eigenvalue weighted by molar-refractivity contribution is -0.148. The number of hydrogen-bond donors (Lipinski definition) is 1. The summed E-state index contributed by atoms with van der Waals surface area (Å²) in [5.74, 6) is -0.163. The fourth-order valence-electron chi connectivity index (χ4n) is 3.62. The molecule has 2 aliphatic rings. The molecule has 0 aliphatic carbocycles. The third-order valence-electron chi connectivity index (χ3n) is 4.65. The Morgan fingerprint density at radius 3 is 2.65 bits per heavy atom. The van der Waals surface area contributed by atoms with E-state index in [4.69, 9.17) is 4.74 Å². The maximum absolute atomic E-state index is 12.0. The number of nitrogens with zero attached hydrogens (tertiary/aromatic N) is 2. The number of esters is 1. The fourth-order valence-corrected chi connectivity index (χ4v) is 3.62. The second kappa shape index (κ2) is 6.87. The summed E-state index contributed by atoms with van der Waals surface area (Å²) in [6, 6.07) is 0.682. The van der Waals surface area contributed by atoms with E-state index in [2.05, 4.69) is 15.1 Å². The van der Waals surface area contributed by atoms with Crippen molar-refractivity contribution in [3.8, 4) is 0 Å². The molecule has 0 spiro atoms. The molecule has 2 rings (SSSR count).